The Morgan fingerprint density at radius 1 is 1.50 bits per heavy atom. The zero-order valence-corrected chi connectivity index (χ0v) is 13.1. The third kappa shape index (κ3) is 4.87. The standard InChI is InChI=1S/C16H25FN4O/c1-2-18-16(19-8-10-22)20-14-6-4-9-21(12-14)15-7-3-5-13(17)11-15/h3,5,7,11,14,22H,2,4,6,8-10,12H2,1H3,(H2,18,19,20). The predicted octanol–water partition coefficient (Wildman–Crippen LogP) is 1.34. The Balaban J connectivity index is 1.97. The van der Waals surface area contributed by atoms with Crippen LogP contribution in [0.25, 0.3) is 0 Å². The summed E-state index contributed by atoms with van der Waals surface area (Å²) >= 11 is 0. The van der Waals surface area contributed by atoms with Crippen molar-refractivity contribution in [2.24, 2.45) is 4.99 Å². The lowest BCUT2D eigenvalue weighted by molar-refractivity contribution is 0.306. The molecule has 1 fully saturated rings. The van der Waals surface area contributed by atoms with Gasteiger partial charge in [0, 0.05) is 31.4 Å². The first-order valence-corrected chi connectivity index (χ1v) is 7.89. The number of benzene rings is 1. The van der Waals surface area contributed by atoms with Gasteiger partial charge in [-0.05, 0) is 38.0 Å². The highest BCUT2D eigenvalue weighted by molar-refractivity contribution is 5.80. The van der Waals surface area contributed by atoms with Crippen LogP contribution in [0, 0.1) is 5.82 Å². The fourth-order valence-corrected chi connectivity index (χ4v) is 2.68. The lowest BCUT2D eigenvalue weighted by Gasteiger charge is -2.35. The molecule has 0 spiro atoms. The van der Waals surface area contributed by atoms with Crippen LogP contribution in [0.5, 0.6) is 0 Å². The summed E-state index contributed by atoms with van der Waals surface area (Å²) in [6, 6.07) is 6.99. The summed E-state index contributed by atoms with van der Waals surface area (Å²) in [7, 11) is 0. The quantitative estimate of drug-likeness (QED) is 0.567. The van der Waals surface area contributed by atoms with Crippen molar-refractivity contribution >= 4 is 11.6 Å². The van der Waals surface area contributed by atoms with Crippen molar-refractivity contribution in [3.63, 3.8) is 0 Å². The fourth-order valence-electron chi connectivity index (χ4n) is 2.68. The molecule has 1 unspecified atom stereocenters. The molecule has 6 heteroatoms. The van der Waals surface area contributed by atoms with Crippen LogP contribution >= 0.6 is 0 Å². The molecule has 1 atom stereocenters. The summed E-state index contributed by atoms with van der Waals surface area (Å²) in [4.78, 5) is 6.50. The molecular weight excluding hydrogens is 283 g/mol. The molecule has 1 heterocycles. The molecule has 2 rings (SSSR count). The van der Waals surface area contributed by atoms with Crippen LogP contribution in [-0.4, -0.2) is 49.9 Å². The van der Waals surface area contributed by atoms with Crippen molar-refractivity contribution in [1.82, 2.24) is 10.6 Å². The Kier molecular flexibility index (Phi) is 6.45. The highest BCUT2D eigenvalue weighted by Gasteiger charge is 2.21. The van der Waals surface area contributed by atoms with E-state index in [1.807, 2.05) is 13.0 Å². The second-order valence-corrected chi connectivity index (χ2v) is 5.39. The van der Waals surface area contributed by atoms with Gasteiger partial charge in [-0.3, -0.25) is 4.99 Å². The molecule has 0 bridgehead atoms. The molecule has 0 aliphatic carbocycles. The number of aliphatic imine (C=N–C) groups is 1. The van der Waals surface area contributed by atoms with Gasteiger partial charge in [-0.25, -0.2) is 4.39 Å². The molecule has 122 valence electrons. The van der Waals surface area contributed by atoms with Gasteiger partial charge in [-0.15, -0.1) is 0 Å². The van der Waals surface area contributed by atoms with Crippen LogP contribution < -0.4 is 15.5 Å². The molecule has 1 aromatic carbocycles. The highest BCUT2D eigenvalue weighted by Crippen LogP contribution is 2.20. The minimum atomic E-state index is -0.203. The number of nitrogens with one attached hydrogen (secondary N) is 2. The smallest absolute Gasteiger partial charge is 0.191 e. The Morgan fingerprint density at radius 3 is 3.09 bits per heavy atom. The molecule has 22 heavy (non-hydrogen) atoms. The van der Waals surface area contributed by atoms with Gasteiger partial charge in [0.15, 0.2) is 5.96 Å². The number of aliphatic hydroxyl groups is 1. The van der Waals surface area contributed by atoms with E-state index in [0.29, 0.717) is 6.54 Å². The molecule has 1 aliphatic rings. The molecule has 1 aliphatic heterocycles. The average Bonchev–Trinajstić information content (AvgIpc) is 2.53. The van der Waals surface area contributed by atoms with E-state index in [0.717, 1.165) is 44.1 Å². The number of hydrogen-bond donors (Lipinski definition) is 3. The van der Waals surface area contributed by atoms with Gasteiger partial charge in [-0.2, -0.15) is 0 Å². The number of halogens is 1. The first kappa shape index (κ1) is 16.5. The summed E-state index contributed by atoms with van der Waals surface area (Å²) < 4.78 is 13.4. The molecule has 0 aromatic heterocycles. The maximum absolute atomic E-state index is 13.4. The molecule has 0 radical (unpaired) electrons. The van der Waals surface area contributed by atoms with Crippen molar-refractivity contribution in [3.05, 3.63) is 30.1 Å². The van der Waals surface area contributed by atoms with E-state index in [-0.39, 0.29) is 18.5 Å². The fraction of sp³-hybridized carbons (Fsp3) is 0.562. The Bertz CT molecular complexity index is 495. The van der Waals surface area contributed by atoms with Crippen LogP contribution in [0.2, 0.25) is 0 Å². The number of anilines is 1. The molecule has 5 nitrogen and oxygen atoms in total. The summed E-state index contributed by atoms with van der Waals surface area (Å²) in [6.07, 6.45) is 2.10. The van der Waals surface area contributed by atoms with Crippen molar-refractivity contribution in [2.75, 3.05) is 37.7 Å². The maximum Gasteiger partial charge on any atom is 0.191 e. The molecule has 1 saturated heterocycles. The minimum absolute atomic E-state index is 0.0384. The number of piperidine rings is 1. The van der Waals surface area contributed by atoms with Gasteiger partial charge in [0.2, 0.25) is 0 Å². The Morgan fingerprint density at radius 2 is 2.36 bits per heavy atom. The first-order chi connectivity index (χ1) is 10.7. The van der Waals surface area contributed by atoms with Crippen LogP contribution in [0.1, 0.15) is 19.8 Å². The lowest BCUT2D eigenvalue weighted by atomic mass is 10.0. The number of rotatable bonds is 5. The average molecular weight is 308 g/mol. The molecule has 3 N–H and O–H groups in total. The van der Waals surface area contributed by atoms with Gasteiger partial charge in [0.1, 0.15) is 5.82 Å². The lowest BCUT2D eigenvalue weighted by Crippen LogP contribution is -2.51. The molecule has 0 amide bonds. The largest absolute Gasteiger partial charge is 0.394 e. The van der Waals surface area contributed by atoms with Crippen LogP contribution in [0.3, 0.4) is 0 Å². The first-order valence-electron chi connectivity index (χ1n) is 7.89. The Hall–Kier alpha value is -1.82. The van der Waals surface area contributed by atoms with Crippen molar-refractivity contribution in [2.45, 2.75) is 25.8 Å². The van der Waals surface area contributed by atoms with Crippen molar-refractivity contribution in [1.29, 1.82) is 0 Å². The summed E-state index contributed by atoms with van der Waals surface area (Å²) in [5, 5.41) is 15.5. The van der Waals surface area contributed by atoms with E-state index in [4.69, 9.17) is 5.11 Å². The molecule has 1 aromatic rings. The monoisotopic (exact) mass is 308 g/mol. The zero-order valence-electron chi connectivity index (χ0n) is 13.1. The van der Waals surface area contributed by atoms with E-state index in [9.17, 15) is 4.39 Å². The summed E-state index contributed by atoms with van der Waals surface area (Å²) in [5.41, 5.74) is 0.920. The zero-order chi connectivity index (χ0) is 15.8. The van der Waals surface area contributed by atoms with Crippen molar-refractivity contribution in [3.8, 4) is 0 Å². The van der Waals surface area contributed by atoms with Gasteiger partial charge in [0.05, 0.1) is 13.2 Å². The third-order valence-electron chi connectivity index (χ3n) is 3.65. The minimum Gasteiger partial charge on any atom is -0.394 e. The van der Waals surface area contributed by atoms with Gasteiger partial charge < -0.3 is 20.6 Å². The van der Waals surface area contributed by atoms with E-state index >= 15 is 0 Å². The number of aliphatic hydroxyl groups excluding tert-OH is 1. The summed E-state index contributed by atoms with van der Waals surface area (Å²) in [5.74, 6) is 0.521. The molecular formula is C16H25FN4O. The van der Waals surface area contributed by atoms with Gasteiger partial charge >= 0.3 is 0 Å². The van der Waals surface area contributed by atoms with Gasteiger partial charge in [-0.1, -0.05) is 6.07 Å². The second kappa shape index (κ2) is 8.58. The number of hydrogen-bond acceptors (Lipinski definition) is 3. The van der Waals surface area contributed by atoms with Crippen LogP contribution in [-0.2, 0) is 0 Å². The van der Waals surface area contributed by atoms with Crippen molar-refractivity contribution < 1.29 is 9.50 Å². The maximum atomic E-state index is 13.4. The number of nitrogens with zero attached hydrogens (tertiary/aromatic N) is 2. The Labute approximate surface area is 131 Å². The normalized spacial score (nSPS) is 19.1. The molecule has 0 saturated carbocycles. The topological polar surface area (TPSA) is 59.9 Å². The van der Waals surface area contributed by atoms with Gasteiger partial charge in [0.25, 0.3) is 0 Å². The summed E-state index contributed by atoms with van der Waals surface area (Å²) in [6.45, 7) is 4.96. The third-order valence-corrected chi connectivity index (χ3v) is 3.65. The van der Waals surface area contributed by atoms with Crippen LogP contribution in [0.4, 0.5) is 10.1 Å². The number of guanidine groups is 1. The van der Waals surface area contributed by atoms with E-state index in [2.05, 4.69) is 20.5 Å². The van der Waals surface area contributed by atoms with E-state index < -0.39 is 0 Å². The predicted molar refractivity (Wildman–Crippen MR) is 87.8 cm³/mol. The highest BCUT2D eigenvalue weighted by atomic mass is 19.1. The van der Waals surface area contributed by atoms with E-state index in [1.165, 1.54) is 6.07 Å². The van der Waals surface area contributed by atoms with Crippen LogP contribution in [0.15, 0.2) is 29.3 Å². The van der Waals surface area contributed by atoms with E-state index in [1.54, 1.807) is 12.1 Å². The SMILES string of the molecule is CCNC(=NCCO)NC1CCCN(c2cccc(F)c2)C1. The second-order valence-electron chi connectivity index (χ2n) is 5.39.